The number of carboxylic acids is 1. The number of para-hydroxylation sites is 1. The van der Waals surface area contributed by atoms with Crippen LogP contribution in [0.1, 0.15) is 10.4 Å². The quantitative estimate of drug-likeness (QED) is 0.834. The van der Waals surface area contributed by atoms with Gasteiger partial charge in [0.05, 0.1) is 22.8 Å². The van der Waals surface area contributed by atoms with E-state index in [-0.39, 0.29) is 35.8 Å². The zero-order valence-corrected chi connectivity index (χ0v) is 11.4. The van der Waals surface area contributed by atoms with Crippen LogP contribution >= 0.6 is 0 Å². The van der Waals surface area contributed by atoms with Gasteiger partial charge in [-0.1, -0.05) is 12.1 Å². The van der Waals surface area contributed by atoms with Crippen LogP contribution in [0.15, 0.2) is 24.3 Å². The van der Waals surface area contributed by atoms with Crippen LogP contribution in [0.25, 0.3) is 0 Å². The lowest BCUT2D eigenvalue weighted by atomic mass is 10.2. The van der Waals surface area contributed by atoms with Crippen molar-refractivity contribution in [3.63, 3.8) is 0 Å². The third-order valence-corrected chi connectivity index (χ3v) is 4.64. The van der Waals surface area contributed by atoms with Gasteiger partial charge in [0.2, 0.25) is 0 Å². The first kappa shape index (κ1) is 14.3. The Labute approximate surface area is 116 Å². The van der Waals surface area contributed by atoms with E-state index in [2.05, 4.69) is 5.32 Å². The molecule has 7 nitrogen and oxygen atoms in total. The van der Waals surface area contributed by atoms with Crippen molar-refractivity contribution in [3.8, 4) is 0 Å². The molecule has 0 saturated carbocycles. The number of sulfone groups is 1. The molecule has 1 aromatic rings. The first-order chi connectivity index (χ1) is 9.39. The molecule has 1 saturated heterocycles. The van der Waals surface area contributed by atoms with Gasteiger partial charge in [0.15, 0.2) is 9.84 Å². The van der Waals surface area contributed by atoms with Crippen LogP contribution in [0.3, 0.4) is 0 Å². The molecular formula is C12H14N2O5S. The number of carbonyl (C=O) groups is 2. The molecule has 1 aromatic carbocycles. The molecule has 0 aliphatic carbocycles. The Bertz CT molecular complexity index is 627. The van der Waals surface area contributed by atoms with Crippen LogP contribution in [-0.2, 0) is 9.84 Å². The maximum atomic E-state index is 12.0. The van der Waals surface area contributed by atoms with E-state index < -0.39 is 21.8 Å². The molecule has 1 fully saturated rings. The molecule has 0 spiro atoms. The zero-order chi connectivity index (χ0) is 14.8. The molecule has 8 heteroatoms. The Morgan fingerprint density at radius 3 is 2.35 bits per heavy atom. The van der Waals surface area contributed by atoms with Gasteiger partial charge in [-0.15, -0.1) is 0 Å². The molecule has 2 N–H and O–H groups in total. The van der Waals surface area contributed by atoms with Crippen molar-refractivity contribution in [1.82, 2.24) is 4.90 Å². The van der Waals surface area contributed by atoms with Gasteiger partial charge in [0.1, 0.15) is 0 Å². The van der Waals surface area contributed by atoms with Gasteiger partial charge < -0.3 is 15.3 Å². The monoisotopic (exact) mass is 298 g/mol. The lowest BCUT2D eigenvalue weighted by molar-refractivity contribution is 0.0698. The summed E-state index contributed by atoms with van der Waals surface area (Å²) in [6.07, 6.45) is 0. The molecule has 1 aliphatic heterocycles. The fraction of sp³-hybridized carbons (Fsp3) is 0.333. The summed E-state index contributed by atoms with van der Waals surface area (Å²) in [5.74, 6) is -1.27. The average Bonchev–Trinajstić information content (AvgIpc) is 2.38. The molecule has 20 heavy (non-hydrogen) atoms. The molecule has 108 valence electrons. The van der Waals surface area contributed by atoms with Gasteiger partial charge in [-0.2, -0.15) is 0 Å². The number of carboxylic acid groups (broad SMARTS) is 1. The third kappa shape index (κ3) is 3.27. The molecule has 0 radical (unpaired) electrons. The van der Waals surface area contributed by atoms with Gasteiger partial charge in [-0.3, -0.25) is 0 Å². The SMILES string of the molecule is O=C(O)c1ccccc1NC(=O)N1CCS(=O)(=O)CC1. The van der Waals surface area contributed by atoms with E-state index in [9.17, 15) is 18.0 Å². The number of nitrogens with one attached hydrogen (secondary N) is 1. The van der Waals surface area contributed by atoms with Crippen LogP contribution in [0.5, 0.6) is 0 Å². The summed E-state index contributed by atoms with van der Waals surface area (Å²) in [4.78, 5) is 24.4. The maximum absolute atomic E-state index is 12.0. The number of hydrogen-bond donors (Lipinski definition) is 2. The number of carbonyl (C=O) groups excluding carboxylic acids is 1. The van der Waals surface area contributed by atoms with Crippen molar-refractivity contribution >= 4 is 27.5 Å². The van der Waals surface area contributed by atoms with Crippen LogP contribution in [0.2, 0.25) is 0 Å². The standard InChI is InChI=1S/C12H14N2O5S/c15-11(16)9-3-1-2-4-10(9)13-12(17)14-5-7-20(18,19)8-6-14/h1-4H,5-8H2,(H,13,17)(H,15,16). The van der Waals surface area contributed by atoms with E-state index in [1.807, 2.05) is 0 Å². The largest absolute Gasteiger partial charge is 0.478 e. The molecule has 0 aromatic heterocycles. The van der Waals surface area contributed by atoms with E-state index in [1.165, 1.54) is 17.0 Å². The minimum Gasteiger partial charge on any atom is -0.478 e. The van der Waals surface area contributed by atoms with Crippen molar-refractivity contribution in [2.24, 2.45) is 0 Å². The average molecular weight is 298 g/mol. The van der Waals surface area contributed by atoms with Gasteiger partial charge in [0, 0.05) is 13.1 Å². The summed E-state index contributed by atoms with van der Waals surface area (Å²) < 4.78 is 22.6. The summed E-state index contributed by atoms with van der Waals surface area (Å²) in [6, 6.07) is 5.56. The number of rotatable bonds is 2. The number of benzene rings is 1. The highest BCUT2D eigenvalue weighted by Gasteiger charge is 2.25. The fourth-order valence-electron chi connectivity index (χ4n) is 1.89. The van der Waals surface area contributed by atoms with E-state index >= 15 is 0 Å². The van der Waals surface area contributed by atoms with Crippen molar-refractivity contribution in [2.45, 2.75) is 0 Å². The topological polar surface area (TPSA) is 104 Å². The molecule has 0 bridgehead atoms. The van der Waals surface area contributed by atoms with E-state index in [0.717, 1.165) is 0 Å². The minimum atomic E-state index is -3.06. The number of hydrogen-bond acceptors (Lipinski definition) is 4. The van der Waals surface area contributed by atoms with Crippen molar-refractivity contribution in [3.05, 3.63) is 29.8 Å². The van der Waals surface area contributed by atoms with Crippen molar-refractivity contribution in [1.29, 1.82) is 0 Å². The Hall–Kier alpha value is -2.09. The second-order valence-electron chi connectivity index (χ2n) is 4.42. The third-order valence-electron chi connectivity index (χ3n) is 3.03. The van der Waals surface area contributed by atoms with Crippen LogP contribution in [0.4, 0.5) is 10.5 Å². The first-order valence-corrected chi connectivity index (χ1v) is 7.80. The van der Waals surface area contributed by atoms with Crippen LogP contribution < -0.4 is 5.32 Å². The molecule has 1 heterocycles. The second kappa shape index (κ2) is 5.49. The predicted molar refractivity (Wildman–Crippen MR) is 72.6 cm³/mol. The molecular weight excluding hydrogens is 284 g/mol. The fourth-order valence-corrected chi connectivity index (χ4v) is 3.09. The normalized spacial score (nSPS) is 17.5. The highest BCUT2D eigenvalue weighted by Crippen LogP contribution is 2.16. The summed E-state index contributed by atoms with van der Waals surface area (Å²) in [6.45, 7) is 0.229. The minimum absolute atomic E-state index is 0.00881. The maximum Gasteiger partial charge on any atom is 0.337 e. The highest BCUT2D eigenvalue weighted by molar-refractivity contribution is 7.91. The van der Waals surface area contributed by atoms with E-state index in [1.54, 1.807) is 12.1 Å². The molecule has 0 unspecified atom stereocenters. The lowest BCUT2D eigenvalue weighted by Crippen LogP contribution is -2.45. The Balaban J connectivity index is 2.08. The van der Waals surface area contributed by atoms with Crippen LogP contribution in [0, 0.1) is 0 Å². The predicted octanol–water partition coefficient (Wildman–Crippen LogP) is 0.647. The molecule has 1 aliphatic rings. The van der Waals surface area contributed by atoms with Crippen molar-refractivity contribution in [2.75, 3.05) is 29.9 Å². The van der Waals surface area contributed by atoms with E-state index in [0.29, 0.717) is 0 Å². The summed E-state index contributed by atoms with van der Waals surface area (Å²) in [5.41, 5.74) is 0.184. The number of amides is 2. The Morgan fingerprint density at radius 1 is 1.15 bits per heavy atom. The number of aromatic carboxylic acids is 1. The number of anilines is 1. The zero-order valence-electron chi connectivity index (χ0n) is 10.6. The van der Waals surface area contributed by atoms with E-state index in [4.69, 9.17) is 5.11 Å². The first-order valence-electron chi connectivity index (χ1n) is 5.98. The highest BCUT2D eigenvalue weighted by atomic mass is 32.2. The molecule has 2 rings (SSSR count). The van der Waals surface area contributed by atoms with Gasteiger partial charge in [0.25, 0.3) is 0 Å². The second-order valence-corrected chi connectivity index (χ2v) is 6.72. The van der Waals surface area contributed by atoms with Gasteiger partial charge in [-0.05, 0) is 12.1 Å². The number of urea groups is 1. The lowest BCUT2D eigenvalue weighted by Gasteiger charge is -2.27. The smallest absolute Gasteiger partial charge is 0.337 e. The van der Waals surface area contributed by atoms with Gasteiger partial charge >= 0.3 is 12.0 Å². The Morgan fingerprint density at radius 2 is 1.75 bits per heavy atom. The van der Waals surface area contributed by atoms with Gasteiger partial charge in [-0.25, -0.2) is 18.0 Å². The summed E-state index contributed by atoms with van der Waals surface area (Å²) >= 11 is 0. The summed E-state index contributed by atoms with van der Waals surface area (Å²) in [7, 11) is -3.06. The molecule has 0 atom stereocenters. The van der Waals surface area contributed by atoms with Crippen LogP contribution in [-0.4, -0.2) is 55.0 Å². The molecule has 2 amide bonds. The summed E-state index contributed by atoms with van der Waals surface area (Å²) in [5, 5.41) is 11.5. The van der Waals surface area contributed by atoms with Crippen molar-refractivity contribution < 1.29 is 23.1 Å². The Kier molecular flexibility index (Phi) is 3.93. The number of nitrogens with zero attached hydrogens (tertiary/aromatic N) is 1.